The first kappa shape index (κ1) is 14.8. The molecule has 2 rings (SSSR count). The molecule has 0 saturated heterocycles. The fourth-order valence-corrected chi connectivity index (χ4v) is 3.73. The fourth-order valence-electron chi connectivity index (χ4n) is 3.73. The summed E-state index contributed by atoms with van der Waals surface area (Å²) in [6.07, 6.45) is 11.5. The van der Waals surface area contributed by atoms with Gasteiger partial charge < -0.3 is 0 Å². The largest absolute Gasteiger partial charge is 0.0682 e. The highest BCUT2D eigenvalue weighted by Crippen LogP contribution is 2.52. The van der Waals surface area contributed by atoms with Crippen molar-refractivity contribution in [2.24, 2.45) is 11.3 Å². The van der Waals surface area contributed by atoms with Gasteiger partial charge in [0.1, 0.15) is 0 Å². The molecule has 0 atom stereocenters. The van der Waals surface area contributed by atoms with Crippen LogP contribution in [0.2, 0.25) is 0 Å². The molecule has 0 heteroatoms. The summed E-state index contributed by atoms with van der Waals surface area (Å²) in [6, 6.07) is 0. The quantitative estimate of drug-likeness (QED) is 0.481. The van der Waals surface area contributed by atoms with Crippen LogP contribution in [0.5, 0.6) is 0 Å². The van der Waals surface area contributed by atoms with E-state index in [2.05, 4.69) is 34.6 Å². The van der Waals surface area contributed by atoms with Crippen LogP contribution < -0.4 is 0 Å². The number of hydrogen-bond donors (Lipinski definition) is 0. The zero-order valence-electron chi connectivity index (χ0n) is 12.7. The lowest BCUT2D eigenvalue weighted by Crippen LogP contribution is -2.24. The number of allylic oxidation sites excluding steroid dienone is 2. The molecule has 0 N–H and O–H groups in total. The van der Waals surface area contributed by atoms with E-state index in [0.29, 0.717) is 5.41 Å². The van der Waals surface area contributed by atoms with Crippen LogP contribution in [-0.2, 0) is 0 Å². The first-order chi connectivity index (χ1) is 8.07. The van der Waals surface area contributed by atoms with Crippen LogP contribution in [-0.4, -0.2) is 0 Å². The van der Waals surface area contributed by atoms with Crippen molar-refractivity contribution in [2.75, 3.05) is 0 Å². The minimum absolute atomic E-state index is 0.665. The normalized spacial score (nSPS) is 22.9. The van der Waals surface area contributed by atoms with Crippen molar-refractivity contribution < 1.29 is 0 Å². The van der Waals surface area contributed by atoms with Gasteiger partial charge in [-0.15, -0.1) is 0 Å². The van der Waals surface area contributed by atoms with E-state index in [0.717, 1.165) is 5.92 Å². The molecule has 0 heterocycles. The van der Waals surface area contributed by atoms with E-state index >= 15 is 0 Å². The topological polar surface area (TPSA) is 0 Å². The van der Waals surface area contributed by atoms with Gasteiger partial charge in [-0.2, -0.15) is 0 Å². The molecule has 1 spiro atoms. The molecule has 0 unspecified atom stereocenters. The van der Waals surface area contributed by atoms with Gasteiger partial charge in [-0.3, -0.25) is 0 Å². The zero-order chi connectivity index (χ0) is 12.9. The molecule has 2 aliphatic carbocycles. The first-order valence-electron chi connectivity index (χ1n) is 7.77. The van der Waals surface area contributed by atoms with E-state index in [4.69, 9.17) is 0 Å². The van der Waals surface area contributed by atoms with Crippen LogP contribution in [0.15, 0.2) is 11.1 Å². The molecule has 0 radical (unpaired) electrons. The SMILES string of the molecule is CC1=C(C(C)C)CCCC12CCCC2.CCC. The van der Waals surface area contributed by atoms with Crippen LogP contribution in [0.4, 0.5) is 0 Å². The van der Waals surface area contributed by atoms with Gasteiger partial charge in [-0.05, 0) is 50.4 Å². The van der Waals surface area contributed by atoms with Gasteiger partial charge in [0.25, 0.3) is 0 Å². The van der Waals surface area contributed by atoms with Gasteiger partial charge in [0, 0.05) is 0 Å². The van der Waals surface area contributed by atoms with Gasteiger partial charge in [-0.1, -0.05) is 58.1 Å². The van der Waals surface area contributed by atoms with Crippen molar-refractivity contribution in [1.29, 1.82) is 0 Å². The second kappa shape index (κ2) is 6.61. The molecule has 0 nitrogen and oxygen atoms in total. The van der Waals surface area contributed by atoms with Gasteiger partial charge in [-0.25, -0.2) is 0 Å². The van der Waals surface area contributed by atoms with Crippen molar-refractivity contribution >= 4 is 0 Å². The monoisotopic (exact) mass is 236 g/mol. The molecule has 17 heavy (non-hydrogen) atoms. The molecule has 1 fully saturated rings. The van der Waals surface area contributed by atoms with E-state index in [9.17, 15) is 0 Å². The summed E-state index contributed by atoms with van der Waals surface area (Å²) >= 11 is 0. The predicted molar refractivity (Wildman–Crippen MR) is 78.3 cm³/mol. The minimum atomic E-state index is 0.665. The van der Waals surface area contributed by atoms with E-state index < -0.39 is 0 Å². The summed E-state index contributed by atoms with van der Waals surface area (Å²) in [5, 5.41) is 0. The van der Waals surface area contributed by atoms with Gasteiger partial charge in [0.05, 0.1) is 0 Å². The Kier molecular flexibility index (Phi) is 5.76. The minimum Gasteiger partial charge on any atom is -0.0682 e. The summed E-state index contributed by atoms with van der Waals surface area (Å²) in [5.41, 5.74) is 4.24. The van der Waals surface area contributed by atoms with Gasteiger partial charge in [0.2, 0.25) is 0 Å². The maximum atomic E-state index is 2.43. The molecular formula is C17H32. The highest BCUT2D eigenvalue weighted by Gasteiger charge is 2.38. The summed E-state index contributed by atoms with van der Waals surface area (Å²) in [7, 11) is 0. The van der Waals surface area contributed by atoms with E-state index in [1.165, 1.54) is 51.4 Å². The number of hydrogen-bond acceptors (Lipinski definition) is 0. The van der Waals surface area contributed by atoms with Crippen LogP contribution in [0.3, 0.4) is 0 Å². The van der Waals surface area contributed by atoms with Crippen molar-refractivity contribution in [1.82, 2.24) is 0 Å². The molecule has 1 saturated carbocycles. The third kappa shape index (κ3) is 3.36. The maximum Gasteiger partial charge on any atom is -0.00879 e. The lowest BCUT2D eigenvalue weighted by atomic mass is 9.67. The Morgan fingerprint density at radius 3 is 1.94 bits per heavy atom. The molecule has 0 bridgehead atoms. The number of rotatable bonds is 1. The van der Waals surface area contributed by atoms with E-state index in [1.807, 2.05) is 0 Å². The zero-order valence-corrected chi connectivity index (χ0v) is 12.7. The third-order valence-corrected chi connectivity index (χ3v) is 4.64. The lowest BCUT2D eigenvalue weighted by Gasteiger charge is -2.38. The third-order valence-electron chi connectivity index (χ3n) is 4.64. The molecular weight excluding hydrogens is 204 g/mol. The average Bonchev–Trinajstić information content (AvgIpc) is 2.73. The van der Waals surface area contributed by atoms with Crippen molar-refractivity contribution in [3.63, 3.8) is 0 Å². The molecule has 0 amide bonds. The molecule has 0 aliphatic heterocycles. The van der Waals surface area contributed by atoms with Crippen molar-refractivity contribution in [2.45, 2.75) is 86.0 Å². The Balaban J connectivity index is 0.000000437. The van der Waals surface area contributed by atoms with Gasteiger partial charge >= 0.3 is 0 Å². The second-order valence-electron chi connectivity index (χ2n) is 6.35. The van der Waals surface area contributed by atoms with Crippen LogP contribution in [0.25, 0.3) is 0 Å². The molecule has 2 aliphatic rings. The van der Waals surface area contributed by atoms with Gasteiger partial charge in [0.15, 0.2) is 0 Å². The molecule has 0 aromatic carbocycles. The Morgan fingerprint density at radius 2 is 1.47 bits per heavy atom. The summed E-state index contributed by atoms with van der Waals surface area (Å²) in [5.74, 6) is 0.785. The Morgan fingerprint density at radius 1 is 1.00 bits per heavy atom. The van der Waals surface area contributed by atoms with Crippen molar-refractivity contribution in [3.05, 3.63) is 11.1 Å². The molecule has 0 aromatic rings. The predicted octanol–water partition coefficient (Wildman–Crippen LogP) is 6.12. The van der Waals surface area contributed by atoms with Crippen molar-refractivity contribution in [3.8, 4) is 0 Å². The first-order valence-corrected chi connectivity index (χ1v) is 7.77. The van der Waals surface area contributed by atoms with E-state index in [-0.39, 0.29) is 0 Å². The summed E-state index contributed by atoms with van der Waals surface area (Å²) < 4.78 is 0. The highest BCUT2D eigenvalue weighted by molar-refractivity contribution is 5.25. The average molecular weight is 236 g/mol. The summed E-state index contributed by atoms with van der Waals surface area (Å²) in [6.45, 7) is 11.4. The highest BCUT2D eigenvalue weighted by atomic mass is 14.4. The van der Waals surface area contributed by atoms with Crippen LogP contribution >= 0.6 is 0 Å². The second-order valence-corrected chi connectivity index (χ2v) is 6.35. The molecule has 100 valence electrons. The Bertz CT molecular complexity index is 251. The van der Waals surface area contributed by atoms with Crippen LogP contribution in [0, 0.1) is 11.3 Å². The molecule has 0 aromatic heterocycles. The summed E-state index contributed by atoms with van der Waals surface area (Å²) in [4.78, 5) is 0. The smallest absolute Gasteiger partial charge is 0.00879 e. The standard InChI is InChI=1S/C14H24.C3H8/c1-11(2)13-7-6-10-14(12(13)3)8-4-5-9-14;1-3-2/h11H,4-10H2,1-3H3;3H2,1-2H3. The van der Waals surface area contributed by atoms with Crippen LogP contribution in [0.1, 0.15) is 86.0 Å². The maximum absolute atomic E-state index is 2.43. The Labute approximate surface area is 109 Å². The Hall–Kier alpha value is -0.260. The lowest BCUT2D eigenvalue weighted by molar-refractivity contribution is 0.298. The van der Waals surface area contributed by atoms with E-state index in [1.54, 1.807) is 11.1 Å². The fraction of sp³-hybridized carbons (Fsp3) is 0.882.